The van der Waals surface area contributed by atoms with Crippen LogP contribution in [0.2, 0.25) is 0 Å². The van der Waals surface area contributed by atoms with Gasteiger partial charge in [0.1, 0.15) is 24.3 Å². The van der Waals surface area contributed by atoms with E-state index < -0.39 is 23.1 Å². The van der Waals surface area contributed by atoms with Gasteiger partial charge in [-0.3, -0.25) is 4.79 Å². The molecule has 0 fully saturated rings. The van der Waals surface area contributed by atoms with Crippen molar-refractivity contribution < 1.29 is 24.3 Å². The molecule has 2 aromatic rings. The average molecular weight is 444 g/mol. The van der Waals surface area contributed by atoms with Crippen molar-refractivity contribution in [2.45, 2.75) is 52.1 Å². The number of hydrogen-bond donors (Lipinski definition) is 3. The Bertz CT molecular complexity index is 1060. The van der Waals surface area contributed by atoms with E-state index in [4.69, 9.17) is 15.3 Å². The number of hydroxylamine groups is 1. The summed E-state index contributed by atoms with van der Waals surface area (Å²) in [5.74, 6) is -0.296. The molecule has 1 aromatic carbocycles. The van der Waals surface area contributed by atoms with Gasteiger partial charge in [0.05, 0.1) is 11.4 Å². The van der Waals surface area contributed by atoms with Gasteiger partial charge in [-0.25, -0.2) is 14.8 Å². The first-order valence-electron chi connectivity index (χ1n) is 10.2. The van der Waals surface area contributed by atoms with E-state index >= 15 is 0 Å². The molecule has 32 heavy (non-hydrogen) atoms. The van der Waals surface area contributed by atoms with Crippen LogP contribution in [0.5, 0.6) is 5.75 Å². The van der Waals surface area contributed by atoms with E-state index in [1.165, 1.54) is 6.33 Å². The van der Waals surface area contributed by atoms with Crippen LogP contribution in [-0.4, -0.2) is 46.3 Å². The smallest absolute Gasteiger partial charge is 0.441 e. The van der Waals surface area contributed by atoms with Crippen molar-refractivity contribution in [1.82, 2.24) is 15.4 Å². The largest absolute Gasteiger partial charge is 0.480 e. The minimum absolute atomic E-state index is 0.265. The van der Waals surface area contributed by atoms with Crippen LogP contribution in [0.3, 0.4) is 0 Å². The van der Waals surface area contributed by atoms with Gasteiger partial charge in [-0.05, 0) is 50.3 Å². The third kappa shape index (κ3) is 4.68. The van der Waals surface area contributed by atoms with Crippen LogP contribution in [-0.2, 0) is 21.4 Å². The summed E-state index contributed by atoms with van der Waals surface area (Å²) in [6.07, 6.45) is 1.19. The van der Waals surface area contributed by atoms with Crippen LogP contribution in [0.1, 0.15) is 45.7 Å². The number of benzene rings is 1. The van der Waals surface area contributed by atoms with E-state index in [0.717, 1.165) is 16.7 Å². The Morgan fingerprint density at radius 1 is 1.28 bits per heavy atom. The first-order chi connectivity index (χ1) is 14.8. The van der Waals surface area contributed by atoms with Gasteiger partial charge in [-0.1, -0.05) is 13.8 Å². The Balaban J connectivity index is 2.10. The summed E-state index contributed by atoms with van der Waals surface area (Å²) in [4.78, 5) is 39.3. The van der Waals surface area contributed by atoms with Crippen molar-refractivity contribution in [3.63, 3.8) is 0 Å². The SMILES string of the molecule is CN(CC(=O)O)c1c(ONC(=O)OC(C)(C)C)ccc2c1CC(C)(C)c1c(N)ncnc1-2. The molecule has 172 valence electrons. The van der Waals surface area contributed by atoms with Crippen LogP contribution in [0.15, 0.2) is 18.5 Å². The molecule has 10 heteroatoms. The molecule has 0 saturated heterocycles. The number of rotatable bonds is 5. The van der Waals surface area contributed by atoms with Crippen LogP contribution in [0.25, 0.3) is 11.3 Å². The Kier molecular flexibility index (Phi) is 5.90. The highest BCUT2D eigenvalue weighted by molar-refractivity contribution is 5.85. The molecule has 3 rings (SSSR count). The Morgan fingerprint density at radius 3 is 2.59 bits per heavy atom. The number of likely N-dealkylation sites (N-methyl/N-ethyl adjacent to an activating group) is 1. The maximum atomic E-state index is 12.1. The van der Waals surface area contributed by atoms with E-state index in [-0.39, 0.29) is 6.54 Å². The number of nitrogens with two attached hydrogens (primary N) is 1. The standard InChI is InChI=1S/C22H29N5O5/c1-21(2,3)31-20(30)26-32-14-8-7-12-13(18(14)27(6)10-15(28)29)9-22(4,5)16-17(12)24-11-25-19(16)23/h7-8,11H,9-10H2,1-6H3,(H,26,30)(H,28,29)(H2,23,24,25). The summed E-state index contributed by atoms with van der Waals surface area (Å²) in [5.41, 5.74) is 11.1. The van der Waals surface area contributed by atoms with Crippen LogP contribution in [0, 0.1) is 0 Å². The van der Waals surface area contributed by atoms with Gasteiger partial charge in [0, 0.05) is 18.2 Å². The molecule has 1 aliphatic rings. The van der Waals surface area contributed by atoms with Gasteiger partial charge in [-0.15, -0.1) is 0 Å². The number of carbonyl (C=O) groups excluding carboxylic acids is 1. The van der Waals surface area contributed by atoms with E-state index in [2.05, 4.69) is 15.4 Å². The third-order valence-corrected chi connectivity index (χ3v) is 5.07. The van der Waals surface area contributed by atoms with Gasteiger partial charge in [-0.2, -0.15) is 5.48 Å². The van der Waals surface area contributed by atoms with E-state index in [1.807, 2.05) is 19.9 Å². The topological polar surface area (TPSA) is 140 Å². The third-order valence-electron chi connectivity index (χ3n) is 5.07. The number of carbonyl (C=O) groups is 2. The molecule has 1 heterocycles. The number of nitrogens with one attached hydrogen (secondary N) is 1. The van der Waals surface area contributed by atoms with E-state index in [9.17, 15) is 14.7 Å². The fourth-order valence-electron chi connectivity index (χ4n) is 3.99. The molecular formula is C22H29N5O5. The highest BCUT2D eigenvalue weighted by Gasteiger charge is 2.37. The van der Waals surface area contributed by atoms with Crippen molar-refractivity contribution in [2.24, 2.45) is 0 Å². The molecule has 0 atom stereocenters. The van der Waals surface area contributed by atoms with Crippen LogP contribution < -0.4 is 21.0 Å². The van der Waals surface area contributed by atoms with E-state index in [0.29, 0.717) is 29.4 Å². The number of anilines is 2. The zero-order valence-electron chi connectivity index (χ0n) is 19.1. The molecule has 1 aliphatic carbocycles. The first-order valence-corrected chi connectivity index (χ1v) is 10.2. The second-order valence-corrected chi connectivity index (χ2v) is 9.44. The first kappa shape index (κ1) is 23.1. The van der Waals surface area contributed by atoms with Crippen molar-refractivity contribution in [2.75, 3.05) is 24.2 Å². The summed E-state index contributed by atoms with van der Waals surface area (Å²) < 4.78 is 5.22. The molecular weight excluding hydrogens is 414 g/mol. The van der Waals surface area contributed by atoms with Gasteiger partial charge in [0.15, 0.2) is 5.75 Å². The minimum Gasteiger partial charge on any atom is -0.480 e. The van der Waals surface area contributed by atoms with Crippen molar-refractivity contribution in [3.05, 3.63) is 29.6 Å². The van der Waals surface area contributed by atoms with Gasteiger partial charge < -0.3 is 25.3 Å². The number of hydrogen-bond acceptors (Lipinski definition) is 8. The van der Waals surface area contributed by atoms with Gasteiger partial charge in [0.25, 0.3) is 0 Å². The van der Waals surface area contributed by atoms with Gasteiger partial charge >= 0.3 is 12.1 Å². The molecule has 0 saturated carbocycles. The van der Waals surface area contributed by atoms with Crippen molar-refractivity contribution in [3.8, 4) is 17.0 Å². The highest BCUT2D eigenvalue weighted by Crippen LogP contribution is 2.49. The number of aromatic nitrogens is 2. The number of carboxylic acids is 1. The highest BCUT2D eigenvalue weighted by atomic mass is 16.7. The lowest BCUT2D eigenvalue weighted by Gasteiger charge is -2.36. The quantitative estimate of drug-likeness (QED) is 0.595. The summed E-state index contributed by atoms with van der Waals surface area (Å²) >= 11 is 0. The molecule has 1 amide bonds. The molecule has 4 N–H and O–H groups in total. The predicted molar refractivity (Wildman–Crippen MR) is 120 cm³/mol. The van der Waals surface area contributed by atoms with E-state index in [1.54, 1.807) is 38.8 Å². The second kappa shape index (κ2) is 8.18. The Morgan fingerprint density at radius 2 is 1.97 bits per heavy atom. The lowest BCUT2D eigenvalue weighted by molar-refractivity contribution is -0.135. The fraction of sp³-hybridized carbons (Fsp3) is 0.455. The number of carboxylic acid groups (broad SMARTS) is 1. The number of ether oxygens (including phenoxy) is 1. The summed E-state index contributed by atoms with van der Waals surface area (Å²) in [6, 6.07) is 3.48. The zero-order valence-corrected chi connectivity index (χ0v) is 19.1. The van der Waals surface area contributed by atoms with Crippen molar-refractivity contribution >= 4 is 23.6 Å². The molecule has 0 unspecified atom stereocenters. The molecule has 0 radical (unpaired) electrons. The Labute approximate surface area is 186 Å². The number of fused-ring (bicyclic) bond motifs is 3. The normalized spacial score (nSPS) is 14.1. The fourth-order valence-corrected chi connectivity index (χ4v) is 3.99. The number of aliphatic carboxylic acids is 1. The zero-order chi connectivity index (χ0) is 23.8. The second-order valence-electron chi connectivity index (χ2n) is 9.44. The maximum Gasteiger partial charge on any atom is 0.441 e. The maximum absolute atomic E-state index is 12.1. The lowest BCUT2D eigenvalue weighted by atomic mass is 9.71. The summed E-state index contributed by atoms with van der Waals surface area (Å²) in [6.45, 7) is 9.02. The van der Waals surface area contributed by atoms with Crippen molar-refractivity contribution in [1.29, 1.82) is 0 Å². The van der Waals surface area contributed by atoms with Crippen LogP contribution in [0.4, 0.5) is 16.3 Å². The predicted octanol–water partition coefficient (Wildman–Crippen LogP) is 2.90. The average Bonchev–Trinajstić information content (AvgIpc) is 2.63. The molecule has 10 nitrogen and oxygen atoms in total. The number of nitrogen functional groups attached to an aromatic ring is 1. The minimum atomic E-state index is -1.00. The van der Waals surface area contributed by atoms with Gasteiger partial charge in [0.2, 0.25) is 0 Å². The summed E-state index contributed by atoms with van der Waals surface area (Å²) in [7, 11) is 1.65. The molecule has 1 aromatic heterocycles. The van der Waals surface area contributed by atoms with Crippen LogP contribution >= 0.6 is 0 Å². The molecule has 0 bridgehead atoms. The monoisotopic (exact) mass is 443 g/mol. The number of amides is 1. The lowest BCUT2D eigenvalue weighted by Crippen LogP contribution is -2.36. The molecule has 0 spiro atoms. The summed E-state index contributed by atoms with van der Waals surface area (Å²) in [5, 5.41) is 9.37. The molecule has 0 aliphatic heterocycles. The Hall–Kier alpha value is -3.56. The number of nitrogens with zero attached hydrogens (tertiary/aromatic N) is 3.